The van der Waals surface area contributed by atoms with E-state index in [-0.39, 0.29) is 0 Å². The lowest BCUT2D eigenvalue weighted by molar-refractivity contribution is 0.0887. The largest absolute Gasteiger partial charge is 0.306 e. The van der Waals surface area contributed by atoms with Gasteiger partial charge in [0.05, 0.1) is 12.9 Å². The second kappa shape index (κ2) is 3.08. The van der Waals surface area contributed by atoms with Crippen molar-refractivity contribution in [1.29, 1.82) is 0 Å². The molecule has 0 saturated carbocycles. The van der Waals surface area contributed by atoms with Gasteiger partial charge in [0.1, 0.15) is 0 Å². The minimum atomic E-state index is -3.23. The van der Waals surface area contributed by atoms with Crippen molar-refractivity contribution in [3.8, 4) is 0 Å². The van der Waals surface area contributed by atoms with Crippen molar-refractivity contribution in [2.75, 3.05) is 33.0 Å². The molecule has 0 amide bonds. The molecule has 1 saturated heterocycles. The monoisotopic (exact) mass is 179 g/mol. The molecule has 0 aromatic carbocycles. The van der Waals surface area contributed by atoms with Crippen LogP contribution in [0.15, 0.2) is 0 Å². The van der Waals surface area contributed by atoms with Gasteiger partial charge in [-0.3, -0.25) is 4.18 Å². The summed E-state index contributed by atoms with van der Waals surface area (Å²) in [5, 5.41) is 0. The third kappa shape index (κ3) is 3.18. The van der Waals surface area contributed by atoms with Gasteiger partial charge in [0.15, 0.2) is 0 Å². The molecule has 0 aromatic heterocycles. The highest BCUT2D eigenvalue weighted by molar-refractivity contribution is 7.85. The molecule has 11 heavy (non-hydrogen) atoms. The maximum absolute atomic E-state index is 10.5. The van der Waals surface area contributed by atoms with Crippen LogP contribution in [-0.4, -0.2) is 46.3 Å². The Bertz CT molecular complexity index is 218. The van der Waals surface area contributed by atoms with Crippen molar-refractivity contribution < 1.29 is 12.6 Å². The first kappa shape index (κ1) is 8.96. The fourth-order valence-corrected chi connectivity index (χ4v) is 1.59. The van der Waals surface area contributed by atoms with Crippen LogP contribution >= 0.6 is 0 Å². The van der Waals surface area contributed by atoms with E-state index in [4.69, 9.17) is 0 Å². The first-order valence-electron chi connectivity index (χ1n) is 3.50. The van der Waals surface area contributed by atoms with E-state index >= 15 is 0 Å². The average molecular weight is 179 g/mol. The van der Waals surface area contributed by atoms with Crippen LogP contribution in [0.4, 0.5) is 0 Å². The number of hydrogen-bond donors (Lipinski definition) is 0. The standard InChI is InChI=1S/C6H13NO3S/c1-7-3-6(4-7)5-10-11(2,8)9/h6H,3-5H2,1-2H3. The van der Waals surface area contributed by atoms with Crippen molar-refractivity contribution in [3.63, 3.8) is 0 Å². The SMILES string of the molecule is CN1CC(COS(C)(=O)=O)C1. The highest BCUT2D eigenvalue weighted by Gasteiger charge is 2.24. The van der Waals surface area contributed by atoms with Gasteiger partial charge < -0.3 is 4.90 Å². The molecule has 1 fully saturated rings. The Labute approximate surface area is 67.3 Å². The summed E-state index contributed by atoms with van der Waals surface area (Å²) >= 11 is 0. The van der Waals surface area contributed by atoms with Gasteiger partial charge in [-0.1, -0.05) is 0 Å². The maximum Gasteiger partial charge on any atom is 0.264 e. The molecule has 0 N–H and O–H groups in total. The van der Waals surface area contributed by atoms with Crippen LogP contribution in [0.5, 0.6) is 0 Å². The normalized spacial score (nSPS) is 21.6. The smallest absolute Gasteiger partial charge is 0.264 e. The zero-order valence-corrected chi connectivity index (χ0v) is 7.60. The van der Waals surface area contributed by atoms with E-state index < -0.39 is 10.1 Å². The van der Waals surface area contributed by atoms with Gasteiger partial charge in [0.25, 0.3) is 10.1 Å². The van der Waals surface area contributed by atoms with Crippen LogP contribution < -0.4 is 0 Å². The molecular weight excluding hydrogens is 166 g/mol. The van der Waals surface area contributed by atoms with Crippen LogP contribution in [-0.2, 0) is 14.3 Å². The third-order valence-electron chi connectivity index (χ3n) is 1.66. The Morgan fingerprint density at radius 2 is 2.09 bits per heavy atom. The first-order valence-corrected chi connectivity index (χ1v) is 5.32. The van der Waals surface area contributed by atoms with Crippen molar-refractivity contribution >= 4 is 10.1 Å². The fourth-order valence-electron chi connectivity index (χ4n) is 1.15. The molecule has 0 unspecified atom stereocenters. The number of hydrogen-bond acceptors (Lipinski definition) is 4. The van der Waals surface area contributed by atoms with Crippen LogP contribution in [0.3, 0.4) is 0 Å². The zero-order valence-electron chi connectivity index (χ0n) is 6.78. The molecule has 0 aliphatic carbocycles. The van der Waals surface area contributed by atoms with Crippen LogP contribution in [0.1, 0.15) is 0 Å². The molecule has 0 atom stereocenters. The van der Waals surface area contributed by atoms with E-state index in [2.05, 4.69) is 9.08 Å². The number of likely N-dealkylation sites (tertiary alicyclic amines) is 1. The van der Waals surface area contributed by atoms with Crippen LogP contribution in [0.2, 0.25) is 0 Å². The van der Waals surface area contributed by atoms with Crippen molar-refractivity contribution in [1.82, 2.24) is 4.90 Å². The summed E-state index contributed by atoms with van der Waals surface area (Å²) < 4.78 is 25.7. The second-order valence-corrected chi connectivity index (χ2v) is 4.72. The molecule has 0 aromatic rings. The molecule has 1 heterocycles. The summed E-state index contributed by atoms with van der Waals surface area (Å²) in [5.41, 5.74) is 0. The molecule has 0 spiro atoms. The molecule has 5 heteroatoms. The molecule has 66 valence electrons. The number of nitrogens with zero attached hydrogens (tertiary/aromatic N) is 1. The summed E-state index contributed by atoms with van der Waals surface area (Å²) in [6.45, 7) is 2.22. The summed E-state index contributed by atoms with van der Waals surface area (Å²) in [7, 11) is -1.23. The van der Waals surface area contributed by atoms with Gasteiger partial charge in [-0.05, 0) is 7.05 Å². The lowest BCUT2D eigenvalue weighted by Gasteiger charge is -2.35. The minimum Gasteiger partial charge on any atom is -0.306 e. The Morgan fingerprint density at radius 3 is 2.45 bits per heavy atom. The van der Waals surface area contributed by atoms with E-state index in [9.17, 15) is 8.42 Å². The van der Waals surface area contributed by atoms with Crippen LogP contribution in [0.25, 0.3) is 0 Å². The molecule has 0 radical (unpaired) electrons. The molecular formula is C6H13NO3S. The molecule has 1 aliphatic rings. The minimum absolute atomic E-state index is 0.336. The number of rotatable bonds is 3. The summed E-state index contributed by atoms with van der Waals surface area (Å²) in [4.78, 5) is 2.12. The predicted octanol–water partition coefficient (Wildman–Crippen LogP) is -0.476. The summed E-state index contributed by atoms with van der Waals surface area (Å²) in [6, 6.07) is 0. The van der Waals surface area contributed by atoms with E-state index in [1.165, 1.54) is 0 Å². The lowest BCUT2D eigenvalue weighted by atomic mass is 10.0. The molecule has 1 rings (SSSR count). The predicted molar refractivity (Wildman–Crippen MR) is 41.8 cm³/mol. The second-order valence-electron chi connectivity index (χ2n) is 3.08. The summed E-state index contributed by atoms with van der Waals surface area (Å²) in [6.07, 6.45) is 1.08. The van der Waals surface area contributed by atoms with Gasteiger partial charge in [-0.15, -0.1) is 0 Å². The van der Waals surface area contributed by atoms with Crippen molar-refractivity contribution in [2.45, 2.75) is 0 Å². The first-order chi connectivity index (χ1) is 4.97. The van der Waals surface area contributed by atoms with Gasteiger partial charge >= 0.3 is 0 Å². The maximum atomic E-state index is 10.5. The van der Waals surface area contributed by atoms with Gasteiger partial charge in [-0.2, -0.15) is 8.42 Å². The third-order valence-corrected chi connectivity index (χ3v) is 2.22. The Kier molecular flexibility index (Phi) is 2.51. The lowest BCUT2D eigenvalue weighted by Crippen LogP contribution is -2.46. The Morgan fingerprint density at radius 1 is 1.55 bits per heavy atom. The molecule has 0 bridgehead atoms. The van der Waals surface area contributed by atoms with E-state index in [1.54, 1.807) is 0 Å². The van der Waals surface area contributed by atoms with E-state index in [0.29, 0.717) is 12.5 Å². The quantitative estimate of drug-likeness (QED) is 0.549. The van der Waals surface area contributed by atoms with E-state index in [0.717, 1.165) is 19.3 Å². The van der Waals surface area contributed by atoms with Crippen LogP contribution in [0, 0.1) is 5.92 Å². The Balaban J connectivity index is 2.15. The van der Waals surface area contributed by atoms with Crippen molar-refractivity contribution in [2.24, 2.45) is 5.92 Å². The van der Waals surface area contributed by atoms with E-state index in [1.807, 2.05) is 7.05 Å². The summed E-state index contributed by atoms with van der Waals surface area (Å²) in [5.74, 6) is 0.398. The van der Waals surface area contributed by atoms with Gasteiger partial charge in [0, 0.05) is 19.0 Å². The molecule has 4 nitrogen and oxygen atoms in total. The Hall–Kier alpha value is -0.130. The topological polar surface area (TPSA) is 46.6 Å². The van der Waals surface area contributed by atoms with Crippen molar-refractivity contribution in [3.05, 3.63) is 0 Å². The molecule has 1 aliphatic heterocycles. The highest BCUT2D eigenvalue weighted by Crippen LogP contribution is 2.13. The van der Waals surface area contributed by atoms with Gasteiger partial charge in [0.2, 0.25) is 0 Å². The van der Waals surface area contributed by atoms with Gasteiger partial charge in [-0.25, -0.2) is 0 Å². The average Bonchev–Trinajstić information content (AvgIpc) is 1.75. The highest BCUT2D eigenvalue weighted by atomic mass is 32.2. The fraction of sp³-hybridized carbons (Fsp3) is 1.00. The zero-order chi connectivity index (χ0) is 8.48.